The Balaban J connectivity index is 2.14. The molecule has 0 unspecified atom stereocenters. The molecule has 0 saturated carbocycles. The summed E-state index contributed by atoms with van der Waals surface area (Å²) in [5.41, 5.74) is 0.952. The Morgan fingerprint density at radius 2 is 2.27 bits per heavy atom. The largest absolute Gasteiger partial charge is 0.480 e. The van der Waals surface area contributed by atoms with E-state index in [-0.39, 0.29) is 5.37 Å². The van der Waals surface area contributed by atoms with Crippen LogP contribution in [0.25, 0.3) is 0 Å². The lowest BCUT2D eigenvalue weighted by Gasteiger charge is -2.12. The quantitative estimate of drug-likeness (QED) is 0.836. The van der Waals surface area contributed by atoms with Gasteiger partial charge in [0, 0.05) is 10.8 Å². The molecule has 80 valence electrons. The number of carboxylic acids is 1. The minimum Gasteiger partial charge on any atom is -0.480 e. The molecule has 0 radical (unpaired) electrons. The van der Waals surface area contributed by atoms with Gasteiger partial charge < -0.3 is 5.11 Å². The lowest BCUT2D eigenvalue weighted by atomic mass is 10.2. The van der Waals surface area contributed by atoms with Crippen LogP contribution in [0.2, 0.25) is 5.02 Å². The summed E-state index contributed by atoms with van der Waals surface area (Å²) in [6.45, 7) is 0. The molecule has 2 rings (SSSR count). The molecule has 1 aromatic carbocycles. The van der Waals surface area contributed by atoms with Crippen molar-refractivity contribution in [2.24, 2.45) is 0 Å². The highest BCUT2D eigenvalue weighted by Gasteiger charge is 2.30. The molecular formula is C10H10ClNO2S. The maximum atomic E-state index is 10.8. The van der Waals surface area contributed by atoms with Crippen LogP contribution in [0.1, 0.15) is 10.9 Å². The number of nitrogens with one attached hydrogen (secondary N) is 1. The molecule has 0 aromatic heterocycles. The highest BCUT2D eigenvalue weighted by molar-refractivity contribution is 7.99. The van der Waals surface area contributed by atoms with Gasteiger partial charge in [-0.25, -0.2) is 0 Å². The van der Waals surface area contributed by atoms with Crippen molar-refractivity contribution in [3.05, 3.63) is 34.9 Å². The smallest absolute Gasteiger partial charge is 0.321 e. The van der Waals surface area contributed by atoms with Crippen LogP contribution in [0, 0.1) is 0 Å². The predicted octanol–water partition coefficient (Wildman–Crippen LogP) is 2.13. The molecule has 3 nitrogen and oxygen atoms in total. The maximum Gasteiger partial charge on any atom is 0.321 e. The Bertz CT molecular complexity index is 385. The third-order valence-electron chi connectivity index (χ3n) is 2.27. The van der Waals surface area contributed by atoms with E-state index < -0.39 is 12.0 Å². The molecule has 1 fully saturated rings. The molecule has 0 spiro atoms. The Morgan fingerprint density at radius 1 is 1.53 bits per heavy atom. The summed E-state index contributed by atoms with van der Waals surface area (Å²) in [5, 5.41) is 12.5. The van der Waals surface area contributed by atoms with Crippen LogP contribution in [-0.2, 0) is 4.79 Å². The minimum absolute atomic E-state index is 0.0141. The van der Waals surface area contributed by atoms with Crippen molar-refractivity contribution in [1.29, 1.82) is 0 Å². The number of hydrogen-bond acceptors (Lipinski definition) is 3. The first-order valence-electron chi connectivity index (χ1n) is 4.53. The van der Waals surface area contributed by atoms with E-state index in [1.165, 1.54) is 0 Å². The zero-order valence-corrected chi connectivity index (χ0v) is 9.39. The maximum absolute atomic E-state index is 10.8. The van der Waals surface area contributed by atoms with Crippen LogP contribution < -0.4 is 5.32 Å². The zero-order valence-electron chi connectivity index (χ0n) is 7.81. The van der Waals surface area contributed by atoms with E-state index in [1.54, 1.807) is 11.8 Å². The normalized spacial score (nSPS) is 25.4. The Morgan fingerprint density at radius 3 is 2.87 bits per heavy atom. The van der Waals surface area contributed by atoms with Crippen molar-refractivity contribution >= 4 is 29.3 Å². The van der Waals surface area contributed by atoms with Crippen LogP contribution in [0.4, 0.5) is 0 Å². The minimum atomic E-state index is -0.808. The van der Waals surface area contributed by atoms with Gasteiger partial charge in [-0.05, 0) is 11.6 Å². The Labute approximate surface area is 96.8 Å². The third-order valence-corrected chi connectivity index (χ3v) is 3.86. The van der Waals surface area contributed by atoms with Crippen LogP contribution >= 0.6 is 23.4 Å². The summed E-state index contributed by atoms with van der Waals surface area (Å²) >= 11 is 7.60. The fourth-order valence-corrected chi connectivity index (χ4v) is 3.06. The topological polar surface area (TPSA) is 49.3 Å². The van der Waals surface area contributed by atoms with Crippen LogP contribution in [0.3, 0.4) is 0 Å². The average Bonchev–Trinajstić information content (AvgIpc) is 2.67. The molecule has 0 amide bonds. The second-order valence-electron chi connectivity index (χ2n) is 3.29. The van der Waals surface area contributed by atoms with Crippen molar-refractivity contribution in [3.8, 4) is 0 Å². The number of rotatable bonds is 2. The molecule has 1 aliphatic rings. The lowest BCUT2D eigenvalue weighted by Crippen LogP contribution is -2.33. The first kappa shape index (κ1) is 10.8. The van der Waals surface area contributed by atoms with Gasteiger partial charge in [0.25, 0.3) is 0 Å². The van der Waals surface area contributed by atoms with E-state index >= 15 is 0 Å². The standard InChI is InChI=1S/C10H10ClNO2S/c11-7-4-2-1-3-6(7)9-12-8(5-15-9)10(13)14/h1-4,8-9,12H,5H2,(H,13,14)/t8-,9-/m1/s1. The molecule has 0 bridgehead atoms. The number of carbonyl (C=O) groups is 1. The molecule has 1 heterocycles. The predicted molar refractivity (Wildman–Crippen MR) is 61.2 cm³/mol. The number of carboxylic acid groups (broad SMARTS) is 1. The molecule has 1 aliphatic heterocycles. The van der Waals surface area contributed by atoms with E-state index in [0.29, 0.717) is 10.8 Å². The van der Waals surface area contributed by atoms with E-state index in [2.05, 4.69) is 5.32 Å². The molecular weight excluding hydrogens is 234 g/mol. The fraction of sp³-hybridized carbons (Fsp3) is 0.300. The SMILES string of the molecule is O=C(O)[C@H]1CS[C@H](c2ccccc2Cl)N1. The molecule has 1 saturated heterocycles. The van der Waals surface area contributed by atoms with Gasteiger partial charge in [-0.3, -0.25) is 10.1 Å². The Hall–Kier alpha value is -0.710. The van der Waals surface area contributed by atoms with E-state index in [4.69, 9.17) is 16.7 Å². The first-order valence-corrected chi connectivity index (χ1v) is 5.96. The van der Waals surface area contributed by atoms with E-state index in [9.17, 15) is 4.79 Å². The van der Waals surface area contributed by atoms with Crippen LogP contribution in [-0.4, -0.2) is 22.9 Å². The van der Waals surface area contributed by atoms with Crippen molar-refractivity contribution in [2.45, 2.75) is 11.4 Å². The van der Waals surface area contributed by atoms with Crippen LogP contribution in [0.15, 0.2) is 24.3 Å². The summed E-state index contributed by atoms with van der Waals surface area (Å²) in [4.78, 5) is 10.8. The average molecular weight is 244 g/mol. The Kier molecular flexibility index (Phi) is 3.19. The number of halogens is 1. The third kappa shape index (κ3) is 2.27. The van der Waals surface area contributed by atoms with Crippen molar-refractivity contribution in [3.63, 3.8) is 0 Å². The molecule has 0 aliphatic carbocycles. The van der Waals surface area contributed by atoms with E-state index in [0.717, 1.165) is 5.56 Å². The van der Waals surface area contributed by atoms with Gasteiger partial charge in [0.1, 0.15) is 6.04 Å². The molecule has 15 heavy (non-hydrogen) atoms. The van der Waals surface area contributed by atoms with Gasteiger partial charge in [0.05, 0.1) is 5.37 Å². The number of aliphatic carboxylic acids is 1. The molecule has 2 atom stereocenters. The molecule has 2 N–H and O–H groups in total. The van der Waals surface area contributed by atoms with Gasteiger partial charge in [0.2, 0.25) is 0 Å². The van der Waals surface area contributed by atoms with Crippen LogP contribution in [0.5, 0.6) is 0 Å². The second-order valence-corrected chi connectivity index (χ2v) is 4.84. The summed E-state index contributed by atoms with van der Waals surface area (Å²) in [7, 11) is 0. The van der Waals surface area contributed by atoms with E-state index in [1.807, 2.05) is 24.3 Å². The monoisotopic (exact) mass is 243 g/mol. The van der Waals surface area contributed by atoms with Gasteiger partial charge >= 0.3 is 5.97 Å². The van der Waals surface area contributed by atoms with Gasteiger partial charge in [0.15, 0.2) is 0 Å². The lowest BCUT2D eigenvalue weighted by molar-refractivity contribution is -0.138. The second kappa shape index (κ2) is 4.43. The van der Waals surface area contributed by atoms with Gasteiger partial charge in [-0.2, -0.15) is 0 Å². The summed E-state index contributed by atoms with van der Waals surface area (Å²) in [6.07, 6.45) is 0. The number of benzene rings is 1. The highest BCUT2D eigenvalue weighted by Crippen LogP contribution is 2.36. The van der Waals surface area contributed by atoms with Crippen molar-refractivity contribution in [2.75, 3.05) is 5.75 Å². The molecule has 1 aromatic rings. The van der Waals surface area contributed by atoms with Gasteiger partial charge in [-0.15, -0.1) is 11.8 Å². The highest BCUT2D eigenvalue weighted by atomic mass is 35.5. The fourth-order valence-electron chi connectivity index (χ4n) is 1.48. The zero-order chi connectivity index (χ0) is 10.8. The number of thioether (sulfide) groups is 1. The summed E-state index contributed by atoms with van der Waals surface area (Å²) in [5.74, 6) is -0.234. The summed E-state index contributed by atoms with van der Waals surface area (Å²) < 4.78 is 0. The van der Waals surface area contributed by atoms with Gasteiger partial charge in [-0.1, -0.05) is 29.8 Å². The van der Waals surface area contributed by atoms with Crippen molar-refractivity contribution in [1.82, 2.24) is 5.32 Å². The number of hydrogen-bond donors (Lipinski definition) is 2. The summed E-state index contributed by atoms with van der Waals surface area (Å²) in [6, 6.07) is 7.01. The molecule has 5 heteroatoms. The van der Waals surface area contributed by atoms with Crippen molar-refractivity contribution < 1.29 is 9.90 Å². The first-order chi connectivity index (χ1) is 7.18.